The van der Waals surface area contributed by atoms with Gasteiger partial charge in [-0.05, 0) is 38.8 Å². The first-order valence-corrected chi connectivity index (χ1v) is 8.95. The van der Waals surface area contributed by atoms with E-state index < -0.39 is 16.8 Å². The highest BCUT2D eigenvalue weighted by atomic mass is 32.1. The number of ether oxygens (including phenoxy) is 1. The Morgan fingerprint density at radius 1 is 1.35 bits per heavy atom. The SMILES string of the molecule is CCc1c(C)sc(NC(=O)c2cccc([N+](=O)[O-])c2)c1C(=O)OC(C)C. The number of hydrogen-bond donors (Lipinski definition) is 1. The van der Waals surface area contributed by atoms with Crippen LogP contribution in [0.3, 0.4) is 0 Å². The molecule has 0 fully saturated rings. The third-order valence-electron chi connectivity index (χ3n) is 3.66. The van der Waals surface area contributed by atoms with Crippen LogP contribution in [-0.2, 0) is 11.2 Å². The van der Waals surface area contributed by atoms with Gasteiger partial charge in [0, 0.05) is 22.6 Å². The maximum atomic E-state index is 12.5. The van der Waals surface area contributed by atoms with Crippen molar-refractivity contribution in [2.24, 2.45) is 0 Å². The number of esters is 1. The summed E-state index contributed by atoms with van der Waals surface area (Å²) in [7, 11) is 0. The van der Waals surface area contributed by atoms with Gasteiger partial charge in [-0.15, -0.1) is 11.3 Å². The first-order valence-electron chi connectivity index (χ1n) is 8.13. The molecule has 0 bridgehead atoms. The van der Waals surface area contributed by atoms with Gasteiger partial charge in [0.05, 0.1) is 16.6 Å². The summed E-state index contributed by atoms with van der Waals surface area (Å²) in [5.41, 5.74) is 1.15. The Labute approximate surface area is 155 Å². The number of hydrogen-bond acceptors (Lipinski definition) is 6. The van der Waals surface area contributed by atoms with Gasteiger partial charge in [-0.25, -0.2) is 4.79 Å². The van der Waals surface area contributed by atoms with Crippen LogP contribution < -0.4 is 5.32 Å². The molecule has 0 aliphatic carbocycles. The average molecular weight is 376 g/mol. The molecule has 1 N–H and O–H groups in total. The maximum absolute atomic E-state index is 12.5. The van der Waals surface area contributed by atoms with Crippen molar-refractivity contribution in [2.45, 2.75) is 40.2 Å². The molecular formula is C18H20N2O5S. The molecular weight excluding hydrogens is 356 g/mol. The number of nitro benzene ring substituents is 1. The number of nitro groups is 1. The van der Waals surface area contributed by atoms with Gasteiger partial charge in [0.1, 0.15) is 5.00 Å². The predicted molar refractivity (Wildman–Crippen MR) is 100 cm³/mol. The van der Waals surface area contributed by atoms with Crippen molar-refractivity contribution in [1.29, 1.82) is 0 Å². The van der Waals surface area contributed by atoms with E-state index in [-0.39, 0.29) is 17.4 Å². The molecule has 0 radical (unpaired) electrons. The summed E-state index contributed by atoms with van der Waals surface area (Å²) in [4.78, 5) is 36.2. The molecule has 138 valence electrons. The van der Waals surface area contributed by atoms with Crippen LogP contribution in [0.15, 0.2) is 24.3 Å². The lowest BCUT2D eigenvalue weighted by molar-refractivity contribution is -0.384. The molecule has 0 aliphatic rings. The summed E-state index contributed by atoms with van der Waals surface area (Å²) < 4.78 is 5.30. The van der Waals surface area contributed by atoms with Crippen LogP contribution in [0.2, 0.25) is 0 Å². The summed E-state index contributed by atoms with van der Waals surface area (Å²) in [6.45, 7) is 7.31. The molecule has 0 aliphatic heterocycles. The Kier molecular flexibility index (Phi) is 6.10. The van der Waals surface area contributed by atoms with Crippen LogP contribution in [0.25, 0.3) is 0 Å². The minimum absolute atomic E-state index is 0.145. The second kappa shape index (κ2) is 8.09. The summed E-state index contributed by atoms with van der Waals surface area (Å²) in [5, 5.41) is 14.0. The maximum Gasteiger partial charge on any atom is 0.341 e. The molecule has 0 atom stereocenters. The molecule has 7 nitrogen and oxygen atoms in total. The second-order valence-corrected chi connectivity index (χ2v) is 7.13. The third kappa shape index (κ3) is 4.26. The fourth-order valence-corrected chi connectivity index (χ4v) is 3.65. The zero-order chi connectivity index (χ0) is 19.4. The van der Waals surface area contributed by atoms with E-state index in [2.05, 4.69) is 5.32 Å². The molecule has 26 heavy (non-hydrogen) atoms. The topological polar surface area (TPSA) is 98.5 Å². The highest BCUT2D eigenvalue weighted by Gasteiger charge is 2.25. The van der Waals surface area contributed by atoms with E-state index in [4.69, 9.17) is 4.74 Å². The van der Waals surface area contributed by atoms with Crippen LogP contribution in [-0.4, -0.2) is 22.9 Å². The monoisotopic (exact) mass is 376 g/mol. The fraction of sp³-hybridized carbons (Fsp3) is 0.333. The van der Waals surface area contributed by atoms with Crippen LogP contribution >= 0.6 is 11.3 Å². The third-order valence-corrected chi connectivity index (χ3v) is 4.72. The number of anilines is 1. The largest absolute Gasteiger partial charge is 0.459 e. The van der Waals surface area contributed by atoms with E-state index in [1.807, 2.05) is 13.8 Å². The molecule has 8 heteroatoms. The van der Waals surface area contributed by atoms with Gasteiger partial charge in [0.25, 0.3) is 11.6 Å². The highest BCUT2D eigenvalue weighted by molar-refractivity contribution is 7.16. The minimum Gasteiger partial charge on any atom is -0.459 e. The number of non-ortho nitro benzene ring substituents is 1. The smallest absolute Gasteiger partial charge is 0.341 e. The average Bonchev–Trinajstić information content (AvgIpc) is 2.89. The number of carbonyl (C=O) groups is 2. The molecule has 0 saturated heterocycles. The number of carbonyl (C=O) groups excluding carboxylic acids is 2. The molecule has 0 unspecified atom stereocenters. The van der Waals surface area contributed by atoms with Crippen molar-refractivity contribution in [3.05, 3.63) is 55.9 Å². The summed E-state index contributed by atoms with van der Waals surface area (Å²) >= 11 is 1.29. The van der Waals surface area contributed by atoms with Gasteiger partial charge in [0.15, 0.2) is 0 Å². The van der Waals surface area contributed by atoms with Gasteiger partial charge >= 0.3 is 5.97 Å². The van der Waals surface area contributed by atoms with E-state index in [0.29, 0.717) is 17.0 Å². The molecule has 1 amide bonds. The van der Waals surface area contributed by atoms with Gasteiger partial charge in [-0.1, -0.05) is 13.0 Å². The quantitative estimate of drug-likeness (QED) is 0.459. The summed E-state index contributed by atoms with van der Waals surface area (Å²) in [6, 6.07) is 5.43. The molecule has 2 aromatic rings. The number of rotatable bonds is 6. The predicted octanol–water partition coefficient (Wildman–Crippen LogP) is 4.34. The number of nitrogens with zero attached hydrogens (tertiary/aromatic N) is 1. The Morgan fingerprint density at radius 3 is 2.62 bits per heavy atom. The summed E-state index contributed by atoms with van der Waals surface area (Å²) in [5.74, 6) is -1.01. The first kappa shape index (κ1) is 19.6. The molecule has 0 spiro atoms. The van der Waals surface area contributed by atoms with Gasteiger partial charge in [-0.3, -0.25) is 14.9 Å². The lowest BCUT2D eigenvalue weighted by Gasteiger charge is -2.11. The lowest BCUT2D eigenvalue weighted by Crippen LogP contribution is -2.17. The van der Waals surface area contributed by atoms with Crippen LogP contribution in [0.1, 0.15) is 51.9 Å². The minimum atomic E-state index is -0.563. The normalized spacial score (nSPS) is 10.7. The van der Waals surface area contributed by atoms with E-state index in [9.17, 15) is 19.7 Å². The number of nitrogens with one attached hydrogen (secondary N) is 1. The van der Waals surface area contributed by atoms with Crippen molar-refractivity contribution < 1.29 is 19.2 Å². The van der Waals surface area contributed by atoms with Crippen molar-refractivity contribution >= 4 is 33.9 Å². The fourth-order valence-electron chi connectivity index (χ4n) is 2.52. The second-order valence-electron chi connectivity index (χ2n) is 5.91. The number of amides is 1. The van der Waals surface area contributed by atoms with E-state index >= 15 is 0 Å². The molecule has 1 heterocycles. The first-order chi connectivity index (χ1) is 12.2. The molecule has 2 rings (SSSR count). The Balaban J connectivity index is 2.37. The molecule has 0 saturated carbocycles. The van der Waals surface area contributed by atoms with Crippen molar-refractivity contribution in [3.8, 4) is 0 Å². The number of benzene rings is 1. The van der Waals surface area contributed by atoms with Crippen molar-refractivity contribution in [1.82, 2.24) is 0 Å². The Hall–Kier alpha value is -2.74. The lowest BCUT2D eigenvalue weighted by atomic mass is 10.1. The number of thiophene rings is 1. The van der Waals surface area contributed by atoms with Crippen LogP contribution in [0.5, 0.6) is 0 Å². The van der Waals surface area contributed by atoms with Gasteiger partial charge < -0.3 is 10.1 Å². The zero-order valence-electron chi connectivity index (χ0n) is 15.0. The van der Waals surface area contributed by atoms with E-state index in [1.54, 1.807) is 13.8 Å². The Bertz CT molecular complexity index is 857. The van der Waals surface area contributed by atoms with Crippen LogP contribution in [0, 0.1) is 17.0 Å². The highest BCUT2D eigenvalue weighted by Crippen LogP contribution is 2.34. The van der Waals surface area contributed by atoms with Crippen molar-refractivity contribution in [2.75, 3.05) is 5.32 Å². The molecule has 1 aromatic heterocycles. The summed E-state index contributed by atoms with van der Waals surface area (Å²) in [6.07, 6.45) is 0.338. The van der Waals surface area contributed by atoms with Gasteiger partial charge in [0.2, 0.25) is 0 Å². The van der Waals surface area contributed by atoms with Gasteiger partial charge in [-0.2, -0.15) is 0 Å². The Morgan fingerprint density at radius 2 is 2.04 bits per heavy atom. The standard InChI is InChI=1S/C18H20N2O5S/c1-5-14-11(4)26-17(15(14)18(22)25-10(2)3)19-16(21)12-7-6-8-13(9-12)20(23)24/h6-10H,5H2,1-4H3,(H,19,21). The van der Waals surface area contributed by atoms with E-state index in [1.165, 1.54) is 35.6 Å². The van der Waals surface area contributed by atoms with Crippen molar-refractivity contribution in [3.63, 3.8) is 0 Å². The van der Waals surface area contributed by atoms with E-state index in [0.717, 1.165) is 10.4 Å². The molecule has 1 aromatic carbocycles. The van der Waals surface area contributed by atoms with Crippen LogP contribution in [0.4, 0.5) is 10.7 Å². The number of aryl methyl sites for hydroxylation is 1. The zero-order valence-corrected chi connectivity index (χ0v) is 15.8.